The van der Waals surface area contributed by atoms with E-state index in [0.29, 0.717) is 0 Å². The molecule has 0 radical (unpaired) electrons. The number of aryl methyl sites for hydroxylation is 2. The molecule has 4 heteroatoms. The van der Waals surface area contributed by atoms with Gasteiger partial charge in [0.1, 0.15) is 5.82 Å². The van der Waals surface area contributed by atoms with Gasteiger partial charge in [0.2, 0.25) is 0 Å². The van der Waals surface area contributed by atoms with Gasteiger partial charge in [-0.15, -0.1) is 0 Å². The van der Waals surface area contributed by atoms with Crippen LogP contribution in [0.2, 0.25) is 0 Å². The maximum Gasteiger partial charge on any atom is 0.130 e. The first-order chi connectivity index (χ1) is 8.67. The number of imidazole rings is 1. The number of hydrogen-bond acceptors (Lipinski definition) is 2. The molecule has 0 amide bonds. The fourth-order valence-electron chi connectivity index (χ4n) is 2.08. The van der Waals surface area contributed by atoms with E-state index in [9.17, 15) is 0 Å². The Morgan fingerprint density at radius 3 is 2.83 bits per heavy atom. The Labute approximate surface area is 116 Å². The van der Waals surface area contributed by atoms with Crippen molar-refractivity contribution in [1.82, 2.24) is 14.9 Å². The third-order valence-corrected chi connectivity index (χ3v) is 4.02. The van der Waals surface area contributed by atoms with Crippen molar-refractivity contribution in [3.8, 4) is 0 Å². The average Bonchev–Trinajstić information content (AvgIpc) is 2.83. The molecule has 0 aliphatic rings. The normalized spacial score (nSPS) is 12.7. The van der Waals surface area contributed by atoms with Crippen LogP contribution in [0.25, 0.3) is 0 Å². The van der Waals surface area contributed by atoms with Crippen LogP contribution >= 0.6 is 15.9 Å². The largest absolute Gasteiger partial charge is 0.334 e. The Morgan fingerprint density at radius 1 is 1.44 bits per heavy atom. The maximum absolute atomic E-state index is 4.47. The highest BCUT2D eigenvalue weighted by Gasteiger charge is 2.17. The summed E-state index contributed by atoms with van der Waals surface area (Å²) in [6.07, 6.45) is 3.87. The lowest BCUT2D eigenvalue weighted by atomic mass is 10.0. The lowest BCUT2D eigenvalue weighted by Gasteiger charge is -2.18. The Kier molecular flexibility index (Phi) is 4.19. The molecule has 1 aromatic heterocycles. The Balaban J connectivity index is 2.42. The van der Waals surface area contributed by atoms with Crippen molar-refractivity contribution in [2.75, 3.05) is 7.05 Å². The van der Waals surface area contributed by atoms with Crippen LogP contribution in [0.5, 0.6) is 0 Å². The molecule has 1 aromatic carbocycles. The van der Waals surface area contributed by atoms with Crippen molar-refractivity contribution in [3.63, 3.8) is 0 Å². The Hall–Kier alpha value is -1.13. The predicted octanol–water partition coefficient (Wildman–Crippen LogP) is 3.28. The number of halogens is 1. The van der Waals surface area contributed by atoms with E-state index in [4.69, 9.17) is 0 Å². The molecule has 0 saturated carbocycles. The summed E-state index contributed by atoms with van der Waals surface area (Å²) in [5, 5.41) is 3.34. The lowest BCUT2D eigenvalue weighted by Crippen LogP contribution is -2.21. The topological polar surface area (TPSA) is 29.9 Å². The van der Waals surface area contributed by atoms with Crippen LogP contribution in [0.1, 0.15) is 29.9 Å². The van der Waals surface area contributed by atoms with Gasteiger partial charge >= 0.3 is 0 Å². The maximum atomic E-state index is 4.47. The quantitative estimate of drug-likeness (QED) is 0.939. The van der Waals surface area contributed by atoms with Gasteiger partial charge in [-0.25, -0.2) is 4.98 Å². The van der Waals surface area contributed by atoms with Crippen molar-refractivity contribution in [2.24, 2.45) is 0 Å². The number of nitrogens with one attached hydrogen (secondary N) is 1. The molecule has 96 valence electrons. The summed E-state index contributed by atoms with van der Waals surface area (Å²) in [7, 11) is 1.97. The minimum Gasteiger partial charge on any atom is -0.334 e. The van der Waals surface area contributed by atoms with E-state index in [0.717, 1.165) is 16.8 Å². The number of aromatic nitrogens is 2. The van der Waals surface area contributed by atoms with Gasteiger partial charge in [0.25, 0.3) is 0 Å². The highest BCUT2D eigenvalue weighted by molar-refractivity contribution is 9.10. The summed E-state index contributed by atoms with van der Waals surface area (Å²) in [5.41, 5.74) is 2.46. The number of nitrogens with zero attached hydrogens (tertiary/aromatic N) is 2. The number of benzene rings is 1. The fourth-order valence-corrected chi connectivity index (χ4v) is 2.48. The van der Waals surface area contributed by atoms with Crippen molar-refractivity contribution >= 4 is 15.9 Å². The van der Waals surface area contributed by atoms with E-state index in [-0.39, 0.29) is 6.04 Å². The van der Waals surface area contributed by atoms with Gasteiger partial charge in [0.15, 0.2) is 0 Å². The highest BCUT2D eigenvalue weighted by Crippen LogP contribution is 2.25. The van der Waals surface area contributed by atoms with Crippen LogP contribution in [0.3, 0.4) is 0 Å². The van der Waals surface area contributed by atoms with Gasteiger partial charge in [-0.05, 0) is 38.1 Å². The van der Waals surface area contributed by atoms with Crippen LogP contribution in [-0.4, -0.2) is 16.6 Å². The lowest BCUT2D eigenvalue weighted by molar-refractivity contribution is 0.590. The minimum atomic E-state index is 0.122. The van der Waals surface area contributed by atoms with Crippen molar-refractivity contribution < 1.29 is 0 Å². The molecule has 0 bridgehead atoms. The van der Waals surface area contributed by atoms with E-state index in [2.05, 4.69) is 62.8 Å². The third kappa shape index (κ3) is 2.49. The van der Waals surface area contributed by atoms with Gasteiger partial charge in [0.05, 0.1) is 6.04 Å². The Morgan fingerprint density at radius 2 is 2.22 bits per heavy atom. The molecule has 0 spiro atoms. The first-order valence-corrected chi connectivity index (χ1v) is 6.91. The van der Waals surface area contributed by atoms with Crippen molar-refractivity contribution in [2.45, 2.75) is 26.4 Å². The first kappa shape index (κ1) is 13.3. The molecule has 0 aliphatic carbocycles. The summed E-state index contributed by atoms with van der Waals surface area (Å²) in [5.74, 6) is 1.05. The number of hydrogen-bond donors (Lipinski definition) is 1. The SMILES string of the molecule is CCn1ccnc1C(NC)c1ccc(C)c(Br)c1. The molecule has 3 nitrogen and oxygen atoms in total. The van der Waals surface area contributed by atoms with Crippen LogP contribution in [0.15, 0.2) is 35.1 Å². The minimum absolute atomic E-state index is 0.122. The second kappa shape index (κ2) is 5.67. The molecule has 2 aromatic rings. The van der Waals surface area contributed by atoms with Gasteiger partial charge in [-0.1, -0.05) is 28.1 Å². The summed E-state index contributed by atoms with van der Waals surface area (Å²) < 4.78 is 3.30. The van der Waals surface area contributed by atoms with Gasteiger partial charge in [-0.3, -0.25) is 0 Å². The summed E-state index contributed by atoms with van der Waals surface area (Å²) in [4.78, 5) is 4.47. The summed E-state index contributed by atoms with van der Waals surface area (Å²) >= 11 is 3.59. The van der Waals surface area contributed by atoms with E-state index < -0.39 is 0 Å². The molecule has 1 atom stereocenters. The Bertz CT molecular complexity index is 534. The molecule has 0 aliphatic heterocycles. The molecule has 2 rings (SSSR count). The van der Waals surface area contributed by atoms with Crippen LogP contribution in [0.4, 0.5) is 0 Å². The molecule has 1 heterocycles. The zero-order chi connectivity index (χ0) is 13.1. The smallest absolute Gasteiger partial charge is 0.130 e. The van der Waals surface area contributed by atoms with Gasteiger partial charge in [0, 0.05) is 23.4 Å². The van der Waals surface area contributed by atoms with Crippen molar-refractivity contribution in [3.05, 3.63) is 52.0 Å². The summed E-state index contributed by atoms with van der Waals surface area (Å²) in [6.45, 7) is 5.15. The first-order valence-electron chi connectivity index (χ1n) is 6.11. The van der Waals surface area contributed by atoms with Crippen LogP contribution in [-0.2, 0) is 6.54 Å². The molecular weight excluding hydrogens is 290 g/mol. The molecule has 18 heavy (non-hydrogen) atoms. The average molecular weight is 308 g/mol. The zero-order valence-corrected chi connectivity index (χ0v) is 12.5. The molecule has 0 saturated heterocycles. The van der Waals surface area contributed by atoms with E-state index in [1.807, 2.05) is 19.4 Å². The number of rotatable bonds is 4. The molecule has 1 unspecified atom stereocenters. The summed E-state index contributed by atoms with van der Waals surface area (Å²) in [6, 6.07) is 6.56. The van der Waals surface area contributed by atoms with Crippen LogP contribution in [0, 0.1) is 6.92 Å². The standard InChI is InChI=1S/C14H18BrN3/c1-4-18-8-7-17-14(18)13(16-3)11-6-5-10(2)12(15)9-11/h5-9,13,16H,4H2,1-3H3. The predicted molar refractivity (Wildman–Crippen MR) is 77.7 cm³/mol. The van der Waals surface area contributed by atoms with Crippen LogP contribution < -0.4 is 5.32 Å². The van der Waals surface area contributed by atoms with E-state index in [1.54, 1.807) is 0 Å². The third-order valence-electron chi connectivity index (χ3n) is 3.16. The van der Waals surface area contributed by atoms with Gasteiger partial charge < -0.3 is 9.88 Å². The van der Waals surface area contributed by atoms with E-state index in [1.165, 1.54) is 11.1 Å². The molecular formula is C14H18BrN3. The van der Waals surface area contributed by atoms with Crippen molar-refractivity contribution in [1.29, 1.82) is 0 Å². The zero-order valence-electron chi connectivity index (χ0n) is 10.9. The second-order valence-electron chi connectivity index (χ2n) is 4.30. The van der Waals surface area contributed by atoms with E-state index >= 15 is 0 Å². The molecule has 0 fully saturated rings. The second-order valence-corrected chi connectivity index (χ2v) is 5.16. The molecule has 1 N–H and O–H groups in total. The highest BCUT2D eigenvalue weighted by atomic mass is 79.9. The van der Waals surface area contributed by atoms with Gasteiger partial charge in [-0.2, -0.15) is 0 Å². The monoisotopic (exact) mass is 307 g/mol. The fraction of sp³-hybridized carbons (Fsp3) is 0.357.